The standard InChI is InChI=1S/C12H17N3/c1-9-5-4-6-10(7-13)11(9)15-8-12(2,3)14/h4-6,15H,8,14H2,1-3H3. The van der Waals surface area contributed by atoms with Crippen LogP contribution in [0.25, 0.3) is 0 Å². The van der Waals surface area contributed by atoms with Crippen LogP contribution < -0.4 is 11.1 Å². The van der Waals surface area contributed by atoms with Crippen LogP contribution in [0.3, 0.4) is 0 Å². The van der Waals surface area contributed by atoms with E-state index in [0.717, 1.165) is 11.3 Å². The van der Waals surface area contributed by atoms with Crippen LogP contribution in [0.4, 0.5) is 5.69 Å². The molecule has 1 aromatic carbocycles. The van der Waals surface area contributed by atoms with E-state index >= 15 is 0 Å². The molecule has 0 spiro atoms. The molecule has 1 rings (SSSR count). The zero-order valence-electron chi connectivity index (χ0n) is 9.46. The van der Waals surface area contributed by atoms with Gasteiger partial charge in [-0.15, -0.1) is 0 Å². The third-order valence-corrected chi connectivity index (χ3v) is 2.11. The summed E-state index contributed by atoms with van der Waals surface area (Å²) in [6.07, 6.45) is 0. The minimum absolute atomic E-state index is 0.283. The zero-order chi connectivity index (χ0) is 11.5. The highest BCUT2D eigenvalue weighted by Gasteiger charge is 2.12. The van der Waals surface area contributed by atoms with Crippen LogP contribution >= 0.6 is 0 Å². The Bertz CT molecular complexity index is 383. The van der Waals surface area contributed by atoms with Gasteiger partial charge in [0.25, 0.3) is 0 Å². The molecule has 0 aliphatic rings. The van der Waals surface area contributed by atoms with Gasteiger partial charge in [0.05, 0.1) is 11.3 Å². The lowest BCUT2D eigenvalue weighted by molar-refractivity contribution is 0.549. The monoisotopic (exact) mass is 203 g/mol. The maximum absolute atomic E-state index is 8.95. The molecular formula is C12H17N3. The predicted octanol–water partition coefficient (Wildman–Crippen LogP) is 2.02. The van der Waals surface area contributed by atoms with E-state index in [9.17, 15) is 0 Å². The second-order valence-corrected chi connectivity index (χ2v) is 4.45. The van der Waals surface area contributed by atoms with Gasteiger partial charge in [-0.25, -0.2) is 0 Å². The lowest BCUT2D eigenvalue weighted by atomic mass is 10.1. The minimum Gasteiger partial charge on any atom is -0.382 e. The van der Waals surface area contributed by atoms with E-state index in [1.807, 2.05) is 32.9 Å². The van der Waals surface area contributed by atoms with Crippen LogP contribution in [0.5, 0.6) is 0 Å². The molecule has 0 aliphatic heterocycles. The van der Waals surface area contributed by atoms with E-state index in [0.29, 0.717) is 12.1 Å². The number of nitrogens with zero attached hydrogens (tertiary/aromatic N) is 1. The Hall–Kier alpha value is -1.53. The fourth-order valence-corrected chi connectivity index (χ4v) is 1.31. The highest BCUT2D eigenvalue weighted by molar-refractivity contribution is 5.62. The van der Waals surface area contributed by atoms with Crippen molar-refractivity contribution in [2.75, 3.05) is 11.9 Å². The average molecular weight is 203 g/mol. The average Bonchev–Trinajstić information content (AvgIpc) is 2.14. The summed E-state index contributed by atoms with van der Waals surface area (Å²) in [7, 11) is 0. The molecule has 0 heterocycles. The van der Waals surface area contributed by atoms with E-state index in [2.05, 4.69) is 11.4 Å². The van der Waals surface area contributed by atoms with Gasteiger partial charge in [0, 0.05) is 12.1 Å². The quantitative estimate of drug-likeness (QED) is 0.790. The number of nitrogens with one attached hydrogen (secondary N) is 1. The number of aryl methyl sites for hydroxylation is 1. The van der Waals surface area contributed by atoms with Gasteiger partial charge >= 0.3 is 0 Å². The van der Waals surface area contributed by atoms with Crippen molar-refractivity contribution in [1.29, 1.82) is 5.26 Å². The normalized spacial score (nSPS) is 10.9. The molecule has 3 N–H and O–H groups in total. The van der Waals surface area contributed by atoms with E-state index in [1.54, 1.807) is 6.07 Å². The molecule has 0 amide bonds. The van der Waals surface area contributed by atoms with Crippen molar-refractivity contribution in [1.82, 2.24) is 0 Å². The van der Waals surface area contributed by atoms with Gasteiger partial charge in [-0.05, 0) is 32.4 Å². The first kappa shape index (κ1) is 11.5. The second-order valence-electron chi connectivity index (χ2n) is 4.45. The van der Waals surface area contributed by atoms with Crippen LogP contribution in [-0.4, -0.2) is 12.1 Å². The number of benzene rings is 1. The smallest absolute Gasteiger partial charge is 0.101 e. The second kappa shape index (κ2) is 4.33. The Morgan fingerprint density at radius 3 is 2.67 bits per heavy atom. The van der Waals surface area contributed by atoms with Gasteiger partial charge < -0.3 is 11.1 Å². The third kappa shape index (κ3) is 3.26. The molecule has 0 radical (unpaired) electrons. The molecule has 0 unspecified atom stereocenters. The van der Waals surface area contributed by atoms with Crippen molar-refractivity contribution in [2.24, 2.45) is 5.73 Å². The van der Waals surface area contributed by atoms with Crippen molar-refractivity contribution in [3.8, 4) is 6.07 Å². The molecule has 0 saturated heterocycles. The Morgan fingerprint density at radius 2 is 2.13 bits per heavy atom. The summed E-state index contributed by atoms with van der Waals surface area (Å²) in [4.78, 5) is 0. The van der Waals surface area contributed by atoms with Crippen molar-refractivity contribution in [3.05, 3.63) is 29.3 Å². The van der Waals surface area contributed by atoms with Crippen LogP contribution in [0.15, 0.2) is 18.2 Å². The maximum Gasteiger partial charge on any atom is 0.101 e. The fourth-order valence-electron chi connectivity index (χ4n) is 1.31. The molecule has 15 heavy (non-hydrogen) atoms. The number of hydrogen-bond acceptors (Lipinski definition) is 3. The predicted molar refractivity (Wildman–Crippen MR) is 62.7 cm³/mol. The third-order valence-electron chi connectivity index (χ3n) is 2.11. The van der Waals surface area contributed by atoms with Gasteiger partial charge in [0.1, 0.15) is 6.07 Å². The van der Waals surface area contributed by atoms with Gasteiger partial charge in [-0.3, -0.25) is 0 Å². The SMILES string of the molecule is Cc1cccc(C#N)c1NCC(C)(C)N. The van der Waals surface area contributed by atoms with Gasteiger partial charge in [-0.2, -0.15) is 5.26 Å². The number of anilines is 1. The van der Waals surface area contributed by atoms with Crippen LogP contribution in [-0.2, 0) is 0 Å². The summed E-state index contributed by atoms with van der Waals surface area (Å²) in [5.41, 5.74) is 8.22. The van der Waals surface area contributed by atoms with Crippen molar-refractivity contribution in [3.63, 3.8) is 0 Å². The molecular weight excluding hydrogens is 186 g/mol. The van der Waals surface area contributed by atoms with E-state index in [1.165, 1.54) is 0 Å². The number of nitriles is 1. The number of hydrogen-bond donors (Lipinski definition) is 2. The Morgan fingerprint density at radius 1 is 1.47 bits per heavy atom. The highest BCUT2D eigenvalue weighted by Crippen LogP contribution is 2.19. The Balaban J connectivity index is 2.90. The molecule has 80 valence electrons. The molecule has 3 nitrogen and oxygen atoms in total. The van der Waals surface area contributed by atoms with Gasteiger partial charge in [0.2, 0.25) is 0 Å². The highest BCUT2D eigenvalue weighted by atomic mass is 14.9. The van der Waals surface area contributed by atoms with E-state index in [4.69, 9.17) is 11.0 Å². The van der Waals surface area contributed by atoms with Crippen molar-refractivity contribution in [2.45, 2.75) is 26.3 Å². The van der Waals surface area contributed by atoms with Gasteiger partial charge in [-0.1, -0.05) is 12.1 Å². The summed E-state index contributed by atoms with van der Waals surface area (Å²) >= 11 is 0. The fraction of sp³-hybridized carbons (Fsp3) is 0.417. The first-order chi connectivity index (χ1) is 6.94. The number of nitrogens with two attached hydrogens (primary N) is 1. The van der Waals surface area contributed by atoms with E-state index < -0.39 is 0 Å². The Kier molecular flexibility index (Phi) is 3.33. The van der Waals surface area contributed by atoms with Crippen molar-refractivity contribution < 1.29 is 0 Å². The topological polar surface area (TPSA) is 61.8 Å². The minimum atomic E-state index is -0.283. The molecule has 0 saturated carbocycles. The molecule has 0 atom stereocenters. The van der Waals surface area contributed by atoms with E-state index in [-0.39, 0.29) is 5.54 Å². The maximum atomic E-state index is 8.95. The molecule has 0 aromatic heterocycles. The van der Waals surface area contributed by atoms with Crippen LogP contribution in [0.1, 0.15) is 25.0 Å². The summed E-state index contributed by atoms with van der Waals surface area (Å²) < 4.78 is 0. The largest absolute Gasteiger partial charge is 0.382 e. The molecule has 1 aromatic rings. The molecule has 0 fully saturated rings. The first-order valence-electron chi connectivity index (χ1n) is 4.96. The summed E-state index contributed by atoms with van der Waals surface area (Å²) in [5.74, 6) is 0. The number of rotatable bonds is 3. The van der Waals surface area contributed by atoms with Crippen molar-refractivity contribution >= 4 is 5.69 Å². The first-order valence-corrected chi connectivity index (χ1v) is 4.96. The zero-order valence-corrected chi connectivity index (χ0v) is 9.46. The molecule has 0 bridgehead atoms. The summed E-state index contributed by atoms with van der Waals surface area (Å²) in [6, 6.07) is 7.83. The van der Waals surface area contributed by atoms with Crippen LogP contribution in [0, 0.1) is 18.3 Å². The van der Waals surface area contributed by atoms with Gasteiger partial charge in [0.15, 0.2) is 0 Å². The summed E-state index contributed by atoms with van der Waals surface area (Å²) in [6.45, 7) is 6.52. The molecule has 3 heteroatoms. The molecule has 0 aliphatic carbocycles. The van der Waals surface area contributed by atoms with Crippen LogP contribution in [0.2, 0.25) is 0 Å². The number of para-hydroxylation sites is 1. The lowest BCUT2D eigenvalue weighted by Crippen LogP contribution is -2.39. The Labute approximate surface area is 90.9 Å². The summed E-state index contributed by atoms with van der Waals surface area (Å²) in [5, 5.41) is 12.2. The lowest BCUT2D eigenvalue weighted by Gasteiger charge is -2.21.